The highest BCUT2D eigenvalue weighted by Gasteiger charge is 2.13. The van der Waals surface area contributed by atoms with Crippen molar-refractivity contribution in [3.8, 4) is 5.75 Å². The third kappa shape index (κ3) is 6.56. The van der Waals surface area contributed by atoms with E-state index in [1.54, 1.807) is 0 Å². The van der Waals surface area contributed by atoms with Gasteiger partial charge in [-0.25, -0.2) is 13.1 Å². The molecule has 0 aliphatic rings. The Morgan fingerprint density at radius 1 is 1.24 bits per heavy atom. The lowest BCUT2D eigenvalue weighted by molar-refractivity contribution is -0.137. The van der Waals surface area contributed by atoms with Crippen molar-refractivity contribution >= 4 is 16.0 Å². The normalized spacial score (nSPS) is 11.3. The van der Waals surface area contributed by atoms with Crippen LogP contribution in [0.4, 0.5) is 0 Å². The van der Waals surface area contributed by atoms with Crippen molar-refractivity contribution in [3.05, 3.63) is 24.3 Å². The van der Waals surface area contributed by atoms with Gasteiger partial charge in [-0.05, 0) is 31.2 Å². The van der Waals surface area contributed by atoms with Crippen molar-refractivity contribution in [2.75, 3.05) is 26.4 Å². The van der Waals surface area contributed by atoms with Crippen LogP contribution in [-0.4, -0.2) is 45.9 Å². The number of carbonyl (C=O) groups is 1. The van der Waals surface area contributed by atoms with E-state index < -0.39 is 16.0 Å². The molecule has 0 bridgehead atoms. The number of nitrogens with one attached hydrogen (secondary N) is 1. The monoisotopic (exact) mass is 317 g/mol. The predicted molar refractivity (Wildman–Crippen MR) is 75.9 cm³/mol. The molecule has 1 aromatic carbocycles. The summed E-state index contributed by atoms with van der Waals surface area (Å²) in [5.74, 6) is -0.530. The molecule has 0 heterocycles. The Bertz CT molecular complexity index is 540. The van der Waals surface area contributed by atoms with Gasteiger partial charge in [-0.3, -0.25) is 4.79 Å². The predicted octanol–water partition coefficient (Wildman–Crippen LogP) is 0.855. The van der Waals surface area contributed by atoms with E-state index in [0.717, 1.165) is 0 Å². The fraction of sp³-hybridized carbons (Fsp3) is 0.462. The molecule has 7 nitrogen and oxygen atoms in total. The highest BCUT2D eigenvalue weighted by Crippen LogP contribution is 2.15. The Balaban J connectivity index is 2.53. The molecule has 0 spiro atoms. The minimum Gasteiger partial charge on any atom is -0.493 e. The van der Waals surface area contributed by atoms with Gasteiger partial charge in [0.25, 0.3) is 0 Å². The average Bonchev–Trinajstić information content (AvgIpc) is 2.44. The molecule has 0 amide bonds. The van der Waals surface area contributed by atoms with Crippen molar-refractivity contribution in [3.63, 3.8) is 0 Å². The number of ether oxygens (including phenoxy) is 2. The molecule has 0 radical (unpaired) electrons. The number of carboxylic acids is 1. The van der Waals surface area contributed by atoms with Crippen LogP contribution in [0, 0.1) is 0 Å². The Hall–Kier alpha value is -1.64. The lowest BCUT2D eigenvalue weighted by Gasteiger charge is -2.08. The third-order valence-corrected chi connectivity index (χ3v) is 3.94. The van der Waals surface area contributed by atoms with Gasteiger partial charge in [0.2, 0.25) is 10.0 Å². The highest BCUT2D eigenvalue weighted by atomic mass is 32.2. The maximum atomic E-state index is 11.9. The molecular formula is C13H19NO6S. The van der Waals surface area contributed by atoms with Crippen molar-refractivity contribution in [2.24, 2.45) is 0 Å². The lowest BCUT2D eigenvalue weighted by atomic mass is 10.3. The zero-order chi connectivity index (χ0) is 15.7. The fourth-order valence-corrected chi connectivity index (χ4v) is 2.46. The van der Waals surface area contributed by atoms with Crippen LogP contribution in [0.15, 0.2) is 29.2 Å². The molecule has 0 aromatic heterocycles. The van der Waals surface area contributed by atoms with Crippen LogP contribution in [-0.2, 0) is 19.6 Å². The first-order valence-electron chi connectivity index (χ1n) is 6.48. The minimum absolute atomic E-state index is 0.0358. The average molecular weight is 317 g/mol. The zero-order valence-electron chi connectivity index (χ0n) is 11.7. The van der Waals surface area contributed by atoms with Crippen molar-refractivity contribution in [1.82, 2.24) is 4.72 Å². The van der Waals surface area contributed by atoms with E-state index in [0.29, 0.717) is 19.0 Å². The first-order chi connectivity index (χ1) is 9.95. The second-order valence-corrected chi connectivity index (χ2v) is 5.83. The van der Waals surface area contributed by atoms with Crippen LogP contribution in [0.25, 0.3) is 0 Å². The van der Waals surface area contributed by atoms with Crippen molar-refractivity contribution in [2.45, 2.75) is 18.2 Å². The lowest BCUT2D eigenvalue weighted by Crippen LogP contribution is -2.27. The third-order valence-electron chi connectivity index (χ3n) is 2.46. The largest absolute Gasteiger partial charge is 0.493 e. The summed E-state index contributed by atoms with van der Waals surface area (Å²) in [6.45, 7) is 2.91. The fourth-order valence-electron chi connectivity index (χ4n) is 1.45. The van der Waals surface area contributed by atoms with Gasteiger partial charge in [0.05, 0.1) is 24.5 Å². The molecular weight excluding hydrogens is 298 g/mol. The summed E-state index contributed by atoms with van der Waals surface area (Å²) in [7, 11) is -3.57. The molecule has 0 aliphatic heterocycles. The molecule has 1 rings (SSSR count). The number of hydrogen-bond acceptors (Lipinski definition) is 5. The van der Waals surface area contributed by atoms with Gasteiger partial charge in [0.1, 0.15) is 5.75 Å². The molecule has 0 unspecified atom stereocenters. The van der Waals surface area contributed by atoms with E-state index in [-0.39, 0.29) is 24.5 Å². The summed E-state index contributed by atoms with van der Waals surface area (Å²) < 4.78 is 36.5. The summed E-state index contributed by atoms with van der Waals surface area (Å²) in [4.78, 5) is 10.5. The highest BCUT2D eigenvalue weighted by molar-refractivity contribution is 7.89. The van der Waals surface area contributed by atoms with Gasteiger partial charge in [0, 0.05) is 13.2 Å². The zero-order valence-corrected chi connectivity index (χ0v) is 12.6. The van der Waals surface area contributed by atoms with E-state index in [4.69, 9.17) is 14.6 Å². The molecule has 0 aliphatic carbocycles. The van der Waals surface area contributed by atoms with Crippen LogP contribution >= 0.6 is 0 Å². The van der Waals surface area contributed by atoms with Crippen LogP contribution in [0.2, 0.25) is 0 Å². The van der Waals surface area contributed by atoms with Gasteiger partial charge in [-0.15, -0.1) is 0 Å². The van der Waals surface area contributed by atoms with Gasteiger partial charge in [0.15, 0.2) is 0 Å². The van der Waals surface area contributed by atoms with E-state index in [1.807, 2.05) is 6.92 Å². The van der Waals surface area contributed by atoms with Crippen LogP contribution in [0.5, 0.6) is 5.75 Å². The number of hydrogen-bond donors (Lipinski definition) is 2. The SMILES string of the molecule is CCOCCNS(=O)(=O)c1ccc(OCCC(=O)O)cc1. The van der Waals surface area contributed by atoms with Gasteiger partial charge >= 0.3 is 5.97 Å². The van der Waals surface area contributed by atoms with Crippen LogP contribution < -0.4 is 9.46 Å². The topological polar surface area (TPSA) is 102 Å². The van der Waals surface area contributed by atoms with E-state index in [1.165, 1.54) is 24.3 Å². The Morgan fingerprint density at radius 2 is 1.90 bits per heavy atom. The van der Waals surface area contributed by atoms with Gasteiger partial charge in [-0.1, -0.05) is 0 Å². The maximum Gasteiger partial charge on any atom is 0.306 e. The summed E-state index contributed by atoms with van der Waals surface area (Å²) in [5.41, 5.74) is 0. The second-order valence-electron chi connectivity index (χ2n) is 4.06. The van der Waals surface area contributed by atoms with Crippen molar-refractivity contribution in [1.29, 1.82) is 0 Å². The number of rotatable bonds is 10. The van der Waals surface area contributed by atoms with E-state index in [9.17, 15) is 13.2 Å². The maximum absolute atomic E-state index is 11.9. The quantitative estimate of drug-likeness (QED) is 0.620. The Kier molecular flexibility index (Phi) is 7.13. The summed E-state index contributed by atoms with van der Waals surface area (Å²) in [6, 6.07) is 5.77. The minimum atomic E-state index is -3.57. The van der Waals surface area contributed by atoms with Gasteiger partial charge < -0.3 is 14.6 Å². The van der Waals surface area contributed by atoms with E-state index in [2.05, 4.69) is 4.72 Å². The number of benzene rings is 1. The molecule has 2 N–H and O–H groups in total. The van der Waals surface area contributed by atoms with Gasteiger partial charge in [-0.2, -0.15) is 0 Å². The van der Waals surface area contributed by atoms with Crippen LogP contribution in [0.3, 0.4) is 0 Å². The molecule has 118 valence electrons. The summed E-state index contributed by atoms with van der Waals surface area (Å²) in [6.07, 6.45) is -0.112. The van der Waals surface area contributed by atoms with Crippen molar-refractivity contribution < 1.29 is 27.8 Å². The Labute approximate surface area is 123 Å². The smallest absolute Gasteiger partial charge is 0.306 e. The summed E-state index contributed by atoms with van der Waals surface area (Å²) in [5, 5.41) is 8.49. The number of carboxylic acid groups (broad SMARTS) is 1. The number of sulfonamides is 1. The first-order valence-corrected chi connectivity index (χ1v) is 7.96. The molecule has 0 atom stereocenters. The molecule has 0 saturated carbocycles. The number of aliphatic carboxylic acids is 1. The second kappa shape index (κ2) is 8.60. The summed E-state index contributed by atoms with van der Waals surface area (Å²) >= 11 is 0. The standard InChI is InChI=1S/C13H19NO6S/c1-2-19-10-8-14-21(17,18)12-5-3-11(4-6-12)20-9-7-13(15)16/h3-6,14H,2,7-10H2,1H3,(H,15,16). The van der Waals surface area contributed by atoms with E-state index >= 15 is 0 Å². The molecule has 0 fully saturated rings. The van der Waals surface area contributed by atoms with Crippen LogP contribution in [0.1, 0.15) is 13.3 Å². The molecule has 21 heavy (non-hydrogen) atoms. The first kappa shape index (κ1) is 17.4. The molecule has 8 heteroatoms. The molecule has 0 saturated heterocycles. The molecule has 1 aromatic rings. The Morgan fingerprint density at radius 3 is 2.48 bits per heavy atom.